The summed E-state index contributed by atoms with van der Waals surface area (Å²) in [5, 5.41) is 10.4. The number of ether oxygens (including phenoxy) is 1. The number of rotatable bonds is 4. The first-order valence-corrected chi connectivity index (χ1v) is 6.26. The summed E-state index contributed by atoms with van der Waals surface area (Å²) in [5.74, 6) is 0.346. The van der Waals surface area contributed by atoms with Crippen LogP contribution < -0.4 is 11.1 Å². The highest BCUT2D eigenvalue weighted by Gasteiger charge is 2.37. The van der Waals surface area contributed by atoms with Gasteiger partial charge in [-0.2, -0.15) is 0 Å². The van der Waals surface area contributed by atoms with Crippen molar-refractivity contribution < 1.29 is 9.53 Å². The fraction of sp³-hybridized carbons (Fsp3) is 0.833. The van der Waals surface area contributed by atoms with Gasteiger partial charge in [0.25, 0.3) is 0 Å². The molecule has 0 aromatic rings. The van der Waals surface area contributed by atoms with Crippen molar-refractivity contribution in [2.75, 3.05) is 6.61 Å². The van der Waals surface area contributed by atoms with E-state index in [-0.39, 0.29) is 5.84 Å². The SMILES string of the molecule is CC(C)COC(=O)NC1(C(=N)N)CCCCC1. The Morgan fingerprint density at radius 2 is 2.00 bits per heavy atom. The highest BCUT2D eigenvalue weighted by Crippen LogP contribution is 2.28. The van der Waals surface area contributed by atoms with E-state index in [0.29, 0.717) is 12.5 Å². The predicted molar refractivity (Wildman–Crippen MR) is 67.1 cm³/mol. The molecule has 1 fully saturated rings. The Kier molecular flexibility index (Phi) is 4.78. The smallest absolute Gasteiger partial charge is 0.407 e. The van der Waals surface area contributed by atoms with Crippen LogP contribution in [0.2, 0.25) is 0 Å². The number of nitrogens with two attached hydrogens (primary N) is 1. The zero-order valence-corrected chi connectivity index (χ0v) is 10.7. The van der Waals surface area contributed by atoms with Crippen LogP contribution >= 0.6 is 0 Å². The lowest BCUT2D eigenvalue weighted by Crippen LogP contribution is -2.58. The maximum Gasteiger partial charge on any atom is 0.407 e. The second kappa shape index (κ2) is 5.89. The van der Waals surface area contributed by atoms with E-state index in [0.717, 1.165) is 32.1 Å². The first-order valence-electron chi connectivity index (χ1n) is 6.26. The first kappa shape index (κ1) is 13.8. The van der Waals surface area contributed by atoms with Crippen molar-refractivity contribution in [1.29, 1.82) is 5.41 Å². The lowest BCUT2D eigenvalue weighted by Gasteiger charge is -2.36. The molecule has 1 amide bonds. The van der Waals surface area contributed by atoms with Gasteiger partial charge in [0.15, 0.2) is 0 Å². The molecule has 1 aliphatic carbocycles. The molecule has 4 N–H and O–H groups in total. The summed E-state index contributed by atoms with van der Waals surface area (Å²) < 4.78 is 5.08. The molecule has 0 radical (unpaired) electrons. The summed E-state index contributed by atoms with van der Waals surface area (Å²) in [7, 11) is 0. The molecule has 17 heavy (non-hydrogen) atoms. The topological polar surface area (TPSA) is 88.2 Å². The number of amides is 1. The van der Waals surface area contributed by atoms with Gasteiger partial charge < -0.3 is 15.8 Å². The third kappa shape index (κ3) is 3.91. The molecule has 0 aromatic carbocycles. The Hall–Kier alpha value is -1.26. The number of carbonyl (C=O) groups excluding carboxylic acids is 1. The standard InChI is InChI=1S/C12H23N3O2/c1-9(2)8-17-11(16)15-12(10(13)14)6-4-3-5-7-12/h9H,3-8H2,1-2H3,(H3,13,14)(H,15,16). The second-order valence-corrected chi connectivity index (χ2v) is 5.17. The first-order chi connectivity index (χ1) is 7.96. The number of hydrogen-bond acceptors (Lipinski definition) is 3. The Morgan fingerprint density at radius 3 is 2.47 bits per heavy atom. The summed E-state index contributed by atoms with van der Waals surface area (Å²) in [5.41, 5.74) is 4.95. The molecule has 0 heterocycles. The summed E-state index contributed by atoms with van der Waals surface area (Å²) in [6.07, 6.45) is 4.13. The molecule has 0 aromatic heterocycles. The average Bonchev–Trinajstić information content (AvgIpc) is 2.27. The van der Waals surface area contributed by atoms with Crippen molar-refractivity contribution in [3.8, 4) is 0 Å². The number of nitrogens with one attached hydrogen (secondary N) is 2. The van der Waals surface area contributed by atoms with Crippen LogP contribution in [0.25, 0.3) is 0 Å². The van der Waals surface area contributed by atoms with Gasteiger partial charge in [-0.15, -0.1) is 0 Å². The third-order valence-corrected chi connectivity index (χ3v) is 3.11. The van der Waals surface area contributed by atoms with Crippen LogP contribution in [0.4, 0.5) is 4.79 Å². The van der Waals surface area contributed by atoms with E-state index in [4.69, 9.17) is 15.9 Å². The van der Waals surface area contributed by atoms with Crippen molar-refractivity contribution in [2.24, 2.45) is 11.7 Å². The Labute approximate surface area is 103 Å². The minimum absolute atomic E-state index is 0.0405. The fourth-order valence-corrected chi connectivity index (χ4v) is 2.09. The zero-order valence-electron chi connectivity index (χ0n) is 10.7. The van der Waals surface area contributed by atoms with Crippen molar-refractivity contribution in [2.45, 2.75) is 51.5 Å². The van der Waals surface area contributed by atoms with Gasteiger partial charge in [-0.3, -0.25) is 5.41 Å². The number of hydrogen-bond donors (Lipinski definition) is 3. The number of carbonyl (C=O) groups is 1. The highest BCUT2D eigenvalue weighted by molar-refractivity contribution is 5.90. The van der Waals surface area contributed by atoms with Gasteiger partial charge in [0.1, 0.15) is 5.84 Å². The normalized spacial score (nSPS) is 18.8. The van der Waals surface area contributed by atoms with Crippen LogP contribution in [0.1, 0.15) is 46.0 Å². The largest absolute Gasteiger partial charge is 0.449 e. The van der Waals surface area contributed by atoms with Crippen molar-refractivity contribution >= 4 is 11.9 Å². The monoisotopic (exact) mass is 241 g/mol. The quantitative estimate of drug-likeness (QED) is 0.519. The maximum absolute atomic E-state index is 11.6. The molecule has 1 aliphatic rings. The highest BCUT2D eigenvalue weighted by atomic mass is 16.5. The predicted octanol–water partition coefficient (Wildman–Crippen LogP) is 2.01. The Balaban J connectivity index is 2.54. The lowest BCUT2D eigenvalue weighted by molar-refractivity contribution is 0.122. The van der Waals surface area contributed by atoms with Crippen LogP contribution in [0.5, 0.6) is 0 Å². The Bertz CT molecular complexity index is 283. The van der Waals surface area contributed by atoms with E-state index in [1.165, 1.54) is 0 Å². The Morgan fingerprint density at radius 1 is 1.41 bits per heavy atom. The van der Waals surface area contributed by atoms with E-state index in [2.05, 4.69) is 5.32 Å². The van der Waals surface area contributed by atoms with Gasteiger partial charge in [-0.25, -0.2) is 4.79 Å². The molecule has 5 nitrogen and oxygen atoms in total. The third-order valence-electron chi connectivity index (χ3n) is 3.11. The molecular formula is C12H23N3O2. The summed E-state index contributed by atoms with van der Waals surface area (Å²) in [6, 6.07) is 0. The van der Waals surface area contributed by atoms with E-state index in [1.54, 1.807) is 0 Å². The summed E-state index contributed by atoms with van der Waals surface area (Å²) in [4.78, 5) is 11.6. The molecule has 0 aliphatic heterocycles. The summed E-state index contributed by atoms with van der Waals surface area (Å²) >= 11 is 0. The minimum Gasteiger partial charge on any atom is -0.449 e. The van der Waals surface area contributed by atoms with Gasteiger partial charge in [-0.1, -0.05) is 33.1 Å². The maximum atomic E-state index is 11.6. The van der Waals surface area contributed by atoms with Crippen molar-refractivity contribution in [1.82, 2.24) is 5.32 Å². The van der Waals surface area contributed by atoms with Gasteiger partial charge in [-0.05, 0) is 18.8 Å². The van der Waals surface area contributed by atoms with E-state index < -0.39 is 11.6 Å². The molecule has 0 bridgehead atoms. The minimum atomic E-state index is -0.674. The molecular weight excluding hydrogens is 218 g/mol. The number of amidine groups is 1. The molecule has 0 unspecified atom stereocenters. The second-order valence-electron chi connectivity index (χ2n) is 5.17. The molecule has 0 atom stereocenters. The van der Waals surface area contributed by atoms with Crippen LogP contribution in [-0.2, 0) is 4.74 Å². The zero-order chi connectivity index (χ0) is 12.9. The van der Waals surface area contributed by atoms with E-state index in [1.807, 2.05) is 13.8 Å². The van der Waals surface area contributed by atoms with E-state index >= 15 is 0 Å². The number of alkyl carbamates (subject to hydrolysis) is 1. The van der Waals surface area contributed by atoms with Gasteiger partial charge in [0.2, 0.25) is 0 Å². The van der Waals surface area contributed by atoms with Crippen molar-refractivity contribution in [3.63, 3.8) is 0 Å². The van der Waals surface area contributed by atoms with Gasteiger partial charge >= 0.3 is 6.09 Å². The van der Waals surface area contributed by atoms with Crippen LogP contribution in [0.3, 0.4) is 0 Å². The average molecular weight is 241 g/mol. The van der Waals surface area contributed by atoms with Crippen molar-refractivity contribution in [3.05, 3.63) is 0 Å². The molecule has 1 rings (SSSR count). The molecule has 1 saturated carbocycles. The molecule has 0 saturated heterocycles. The fourth-order valence-electron chi connectivity index (χ4n) is 2.09. The molecule has 98 valence electrons. The van der Waals surface area contributed by atoms with Crippen LogP contribution in [-0.4, -0.2) is 24.1 Å². The lowest BCUT2D eigenvalue weighted by atomic mass is 9.81. The van der Waals surface area contributed by atoms with E-state index in [9.17, 15) is 4.79 Å². The van der Waals surface area contributed by atoms with Gasteiger partial charge in [0, 0.05) is 0 Å². The molecule has 5 heteroatoms. The van der Waals surface area contributed by atoms with Crippen LogP contribution in [0.15, 0.2) is 0 Å². The summed E-state index contributed by atoms with van der Waals surface area (Å²) in [6.45, 7) is 4.35. The van der Waals surface area contributed by atoms with Crippen LogP contribution in [0, 0.1) is 11.3 Å². The van der Waals surface area contributed by atoms with Gasteiger partial charge in [0.05, 0.1) is 12.1 Å². The molecule has 0 spiro atoms.